The molecule has 0 bridgehead atoms. The number of amides is 1. The van der Waals surface area contributed by atoms with Gasteiger partial charge in [0, 0.05) is 28.9 Å². The molecular formula is C15H17N3O. The Morgan fingerprint density at radius 2 is 2.11 bits per heavy atom. The summed E-state index contributed by atoms with van der Waals surface area (Å²) < 4.78 is 0. The molecule has 1 amide bonds. The molecule has 0 fully saturated rings. The number of hydrogen-bond donors (Lipinski definition) is 2. The van der Waals surface area contributed by atoms with E-state index >= 15 is 0 Å². The molecule has 4 nitrogen and oxygen atoms in total. The summed E-state index contributed by atoms with van der Waals surface area (Å²) in [6, 6.07) is 6.29. The first kappa shape index (κ1) is 12.0. The average molecular weight is 255 g/mol. The first-order valence-corrected chi connectivity index (χ1v) is 6.52. The second-order valence-electron chi connectivity index (χ2n) is 5.27. The number of H-pyrrole nitrogens is 1. The predicted molar refractivity (Wildman–Crippen MR) is 76.2 cm³/mol. The van der Waals surface area contributed by atoms with Crippen molar-refractivity contribution in [2.75, 3.05) is 0 Å². The minimum absolute atomic E-state index is 0.00834. The van der Waals surface area contributed by atoms with Crippen LogP contribution in [-0.2, 0) is 4.79 Å². The standard InChI is InChI=1S/C15H17N3O/c1-8-6-14(19)17-18-15(8)11-4-5-13-12(7-11)9(2)10(3)16-13/h4-5,7-8,16H,6H2,1-3H3,(H,17,19). The Kier molecular flexibility index (Phi) is 2.66. The van der Waals surface area contributed by atoms with Gasteiger partial charge in [-0.3, -0.25) is 4.79 Å². The van der Waals surface area contributed by atoms with E-state index in [1.807, 2.05) is 6.92 Å². The molecule has 1 aliphatic heterocycles. The van der Waals surface area contributed by atoms with Crippen LogP contribution in [0.1, 0.15) is 30.2 Å². The van der Waals surface area contributed by atoms with Crippen LogP contribution in [0.15, 0.2) is 23.3 Å². The molecule has 1 atom stereocenters. The van der Waals surface area contributed by atoms with E-state index < -0.39 is 0 Å². The third-order valence-corrected chi connectivity index (χ3v) is 3.86. The van der Waals surface area contributed by atoms with Crippen LogP contribution in [0.4, 0.5) is 0 Å². The highest BCUT2D eigenvalue weighted by Crippen LogP contribution is 2.25. The lowest BCUT2D eigenvalue weighted by Crippen LogP contribution is -2.31. The van der Waals surface area contributed by atoms with Gasteiger partial charge in [0.2, 0.25) is 5.91 Å². The van der Waals surface area contributed by atoms with Crippen LogP contribution in [-0.4, -0.2) is 16.6 Å². The van der Waals surface area contributed by atoms with Gasteiger partial charge in [-0.2, -0.15) is 5.10 Å². The van der Waals surface area contributed by atoms with E-state index in [0.29, 0.717) is 6.42 Å². The normalized spacial score (nSPS) is 19.4. The summed E-state index contributed by atoms with van der Waals surface area (Å²) in [6.45, 7) is 6.23. The number of aryl methyl sites for hydroxylation is 2. The molecule has 0 saturated carbocycles. The van der Waals surface area contributed by atoms with E-state index in [9.17, 15) is 4.79 Å². The largest absolute Gasteiger partial charge is 0.358 e. The molecule has 0 aliphatic carbocycles. The summed E-state index contributed by atoms with van der Waals surface area (Å²) in [5, 5.41) is 5.44. The molecule has 0 spiro atoms. The highest BCUT2D eigenvalue weighted by Gasteiger charge is 2.21. The topological polar surface area (TPSA) is 57.2 Å². The number of nitrogens with zero attached hydrogens (tertiary/aromatic N) is 1. The van der Waals surface area contributed by atoms with Gasteiger partial charge < -0.3 is 4.98 Å². The molecule has 1 unspecified atom stereocenters. The highest BCUT2D eigenvalue weighted by atomic mass is 16.2. The predicted octanol–water partition coefficient (Wildman–Crippen LogP) is 2.64. The summed E-state index contributed by atoms with van der Waals surface area (Å²) in [6.07, 6.45) is 0.502. The van der Waals surface area contributed by atoms with Gasteiger partial charge in [0.1, 0.15) is 0 Å². The van der Waals surface area contributed by atoms with Crippen molar-refractivity contribution in [3.8, 4) is 0 Å². The number of aromatic nitrogens is 1. The quantitative estimate of drug-likeness (QED) is 0.808. The van der Waals surface area contributed by atoms with Crippen LogP contribution in [0, 0.1) is 19.8 Å². The Balaban J connectivity index is 2.11. The summed E-state index contributed by atoms with van der Waals surface area (Å²) in [4.78, 5) is 14.7. The smallest absolute Gasteiger partial charge is 0.240 e. The van der Waals surface area contributed by atoms with Gasteiger partial charge in [-0.05, 0) is 37.1 Å². The van der Waals surface area contributed by atoms with Crippen molar-refractivity contribution in [1.82, 2.24) is 10.4 Å². The zero-order chi connectivity index (χ0) is 13.6. The number of carbonyl (C=O) groups excluding carboxylic acids is 1. The maximum atomic E-state index is 11.3. The Morgan fingerprint density at radius 3 is 2.84 bits per heavy atom. The molecule has 3 rings (SSSR count). The molecule has 2 N–H and O–H groups in total. The lowest BCUT2D eigenvalue weighted by atomic mass is 9.93. The van der Waals surface area contributed by atoms with Crippen LogP contribution >= 0.6 is 0 Å². The van der Waals surface area contributed by atoms with Crippen molar-refractivity contribution >= 4 is 22.5 Å². The molecule has 2 aromatic rings. The second kappa shape index (κ2) is 4.23. The lowest BCUT2D eigenvalue weighted by molar-refractivity contribution is -0.121. The Bertz CT molecular complexity index is 697. The lowest BCUT2D eigenvalue weighted by Gasteiger charge is -2.19. The summed E-state index contributed by atoms with van der Waals surface area (Å²) in [5.74, 6) is 0.151. The fraction of sp³-hybridized carbons (Fsp3) is 0.333. The number of nitrogens with one attached hydrogen (secondary N) is 2. The van der Waals surface area contributed by atoms with E-state index in [1.54, 1.807) is 0 Å². The van der Waals surface area contributed by atoms with Gasteiger partial charge in [0.15, 0.2) is 0 Å². The van der Waals surface area contributed by atoms with Gasteiger partial charge in [-0.25, -0.2) is 5.43 Å². The molecule has 1 aromatic carbocycles. The number of hydrogen-bond acceptors (Lipinski definition) is 2. The zero-order valence-corrected chi connectivity index (χ0v) is 11.4. The number of fused-ring (bicyclic) bond motifs is 1. The van der Waals surface area contributed by atoms with Crippen molar-refractivity contribution in [2.24, 2.45) is 11.0 Å². The van der Waals surface area contributed by atoms with Crippen LogP contribution in [0.5, 0.6) is 0 Å². The zero-order valence-electron chi connectivity index (χ0n) is 11.4. The minimum atomic E-state index is -0.00834. The maximum absolute atomic E-state index is 11.3. The van der Waals surface area contributed by atoms with Crippen LogP contribution in [0.25, 0.3) is 10.9 Å². The SMILES string of the molecule is Cc1[nH]c2ccc(C3=NNC(=O)CC3C)cc2c1C. The third kappa shape index (κ3) is 1.93. The summed E-state index contributed by atoms with van der Waals surface area (Å²) in [5.41, 5.74) is 8.22. The first-order chi connectivity index (χ1) is 9.06. The summed E-state index contributed by atoms with van der Waals surface area (Å²) >= 11 is 0. The van der Waals surface area contributed by atoms with Gasteiger partial charge in [-0.1, -0.05) is 13.0 Å². The molecule has 4 heteroatoms. The molecule has 0 radical (unpaired) electrons. The summed E-state index contributed by atoms with van der Waals surface area (Å²) in [7, 11) is 0. The fourth-order valence-corrected chi connectivity index (χ4v) is 2.62. The monoisotopic (exact) mass is 255 g/mol. The molecular weight excluding hydrogens is 238 g/mol. The van der Waals surface area contributed by atoms with E-state index in [4.69, 9.17) is 0 Å². The van der Waals surface area contributed by atoms with Crippen molar-refractivity contribution < 1.29 is 4.79 Å². The van der Waals surface area contributed by atoms with Crippen LogP contribution in [0.2, 0.25) is 0 Å². The van der Waals surface area contributed by atoms with Crippen LogP contribution < -0.4 is 5.43 Å². The Hall–Kier alpha value is -2.10. The number of aromatic amines is 1. The molecule has 98 valence electrons. The van der Waals surface area contributed by atoms with Gasteiger partial charge >= 0.3 is 0 Å². The van der Waals surface area contributed by atoms with E-state index in [0.717, 1.165) is 16.8 Å². The van der Waals surface area contributed by atoms with E-state index in [1.165, 1.54) is 16.6 Å². The minimum Gasteiger partial charge on any atom is -0.358 e. The van der Waals surface area contributed by atoms with Gasteiger partial charge in [0.05, 0.1) is 5.71 Å². The first-order valence-electron chi connectivity index (χ1n) is 6.52. The number of benzene rings is 1. The second-order valence-corrected chi connectivity index (χ2v) is 5.27. The van der Waals surface area contributed by atoms with Crippen molar-refractivity contribution in [3.05, 3.63) is 35.0 Å². The maximum Gasteiger partial charge on any atom is 0.240 e. The average Bonchev–Trinajstić information content (AvgIpc) is 2.65. The Morgan fingerprint density at radius 1 is 1.32 bits per heavy atom. The van der Waals surface area contributed by atoms with E-state index in [-0.39, 0.29) is 11.8 Å². The highest BCUT2D eigenvalue weighted by molar-refractivity contribution is 6.07. The fourth-order valence-electron chi connectivity index (χ4n) is 2.62. The molecule has 2 heterocycles. The molecule has 0 saturated heterocycles. The number of rotatable bonds is 1. The molecule has 1 aliphatic rings. The number of carbonyl (C=O) groups is 1. The molecule has 19 heavy (non-hydrogen) atoms. The number of hydrazone groups is 1. The van der Waals surface area contributed by atoms with Crippen LogP contribution in [0.3, 0.4) is 0 Å². The third-order valence-electron chi connectivity index (χ3n) is 3.86. The van der Waals surface area contributed by atoms with Crippen molar-refractivity contribution in [1.29, 1.82) is 0 Å². The van der Waals surface area contributed by atoms with Crippen molar-refractivity contribution in [2.45, 2.75) is 27.2 Å². The van der Waals surface area contributed by atoms with E-state index in [2.05, 4.69) is 47.6 Å². The Labute approximate surface area is 111 Å². The van der Waals surface area contributed by atoms with Gasteiger partial charge in [0.25, 0.3) is 0 Å². The van der Waals surface area contributed by atoms with Gasteiger partial charge in [-0.15, -0.1) is 0 Å². The molecule has 1 aromatic heterocycles. The van der Waals surface area contributed by atoms with Crippen molar-refractivity contribution in [3.63, 3.8) is 0 Å².